The van der Waals surface area contributed by atoms with Crippen LogP contribution in [0.4, 0.5) is 11.8 Å². The van der Waals surface area contributed by atoms with Gasteiger partial charge in [-0.05, 0) is 12.3 Å². The van der Waals surface area contributed by atoms with Gasteiger partial charge in [-0.2, -0.15) is 4.98 Å². The number of rotatable bonds is 7. The molecule has 0 aliphatic carbocycles. The second kappa shape index (κ2) is 8.12. The number of nitrogens with two attached hydrogens (primary N) is 1. The predicted molar refractivity (Wildman–Crippen MR) is 94.6 cm³/mol. The number of nitrogens with one attached hydrogen (secondary N) is 1. The Hall–Kier alpha value is -2.12. The Morgan fingerprint density at radius 2 is 2.04 bits per heavy atom. The van der Waals surface area contributed by atoms with Crippen molar-refractivity contribution in [2.24, 2.45) is 0 Å². The number of anilines is 2. The molecule has 2 rings (SSSR count). The second-order valence-corrected chi connectivity index (χ2v) is 6.06. The molecule has 0 aliphatic rings. The van der Waals surface area contributed by atoms with Crippen LogP contribution in [0.3, 0.4) is 0 Å². The first kappa shape index (κ1) is 18.2. The van der Waals surface area contributed by atoms with Crippen molar-refractivity contribution in [3.8, 4) is 11.5 Å². The fraction of sp³-hybridized carbons (Fsp3) is 0.438. The van der Waals surface area contributed by atoms with Gasteiger partial charge in [0.25, 0.3) is 0 Å². The van der Waals surface area contributed by atoms with Crippen LogP contribution in [0, 0.1) is 0 Å². The summed E-state index contributed by atoms with van der Waals surface area (Å²) in [6.07, 6.45) is 3.92. The zero-order valence-corrected chi connectivity index (χ0v) is 14.7. The van der Waals surface area contributed by atoms with Gasteiger partial charge in [-0.25, -0.2) is 9.97 Å². The number of hydrogen-bond donors (Lipinski definition) is 3. The molecule has 0 saturated carbocycles. The van der Waals surface area contributed by atoms with Gasteiger partial charge in [0.05, 0.1) is 18.8 Å². The molecule has 24 heavy (non-hydrogen) atoms. The molecule has 2 heterocycles. The summed E-state index contributed by atoms with van der Waals surface area (Å²) in [5.74, 6) is 1.66. The number of aliphatic hydroxyl groups is 1. The molecule has 1 atom stereocenters. The number of nitrogen functional groups attached to an aromatic ring is 1. The summed E-state index contributed by atoms with van der Waals surface area (Å²) >= 11 is 5.95. The van der Waals surface area contributed by atoms with Gasteiger partial charge in [-0.1, -0.05) is 32.4 Å². The van der Waals surface area contributed by atoms with E-state index in [9.17, 15) is 5.11 Å². The molecule has 130 valence electrons. The third kappa shape index (κ3) is 4.46. The molecular weight excluding hydrogens is 330 g/mol. The Morgan fingerprint density at radius 3 is 2.62 bits per heavy atom. The molecule has 0 bridgehead atoms. The highest BCUT2D eigenvalue weighted by Crippen LogP contribution is 2.33. The maximum atomic E-state index is 9.22. The van der Waals surface area contributed by atoms with Gasteiger partial charge in [0.1, 0.15) is 10.9 Å². The Labute approximate surface area is 146 Å². The van der Waals surface area contributed by atoms with E-state index in [1.165, 1.54) is 6.20 Å². The highest BCUT2D eigenvalue weighted by Gasteiger charge is 2.14. The second-order valence-electron chi connectivity index (χ2n) is 5.68. The molecule has 0 fully saturated rings. The molecule has 2 aromatic heterocycles. The molecule has 0 aromatic carbocycles. The van der Waals surface area contributed by atoms with E-state index in [1.54, 1.807) is 12.3 Å². The lowest BCUT2D eigenvalue weighted by atomic mass is 10.1. The first-order valence-corrected chi connectivity index (χ1v) is 8.15. The van der Waals surface area contributed by atoms with Gasteiger partial charge in [-0.15, -0.1) is 0 Å². The summed E-state index contributed by atoms with van der Waals surface area (Å²) in [5.41, 5.74) is 6.87. The zero-order valence-electron chi connectivity index (χ0n) is 14.0. The van der Waals surface area contributed by atoms with Gasteiger partial charge >= 0.3 is 0 Å². The normalized spacial score (nSPS) is 12.2. The van der Waals surface area contributed by atoms with Crippen LogP contribution >= 0.6 is 11.6 Å². The third-order valence-corrected chi connectivity index (χ3v) is 3.74. The fourth-order valence-corrected chi connectivity index (χ4v) is 2.20. The van der Waals surface area contributed by atoms with E-state index in [-0.39, 0.29) is 24.4 Å². The van der Waals surface area contributed by atoms with E-state index in [0.29, 0.717) is 22.6 Å². The van der Waals surface area contributed by atoms with Crippen molar-refractivity contribution in [2.45, 2.75) is 39.2 Å². The van der Waals surface area contributed by atoms with E-state index < -0.39 is 0 Å². The first-order chi connectivity index (χ1) is 11.4. The van der Waals surface area contributed by atoms with E-state index in [0.717, 1.165) is 12.0 Å². The average Bonchev–Trinajstić information content (AvgIpc) is 2.54. The number of ether oxygens (including phenoxy) is 1. The van der Waals surface area contributed by atoms with Crippen molar-refractivity contribution < 1.29 is 9.84 Å². The number of pyridine rings is 1. The van der Waals surface area contributed by atoms with Gasteiger partial charge < -0.3 is 20.9 Å². The Bertz CT molecular complexity index is 692. The fourth-order valence-electron chi connectivity index (χ4n) is 2.06. The molecule has 4 N–H and O–H groups in total. The van der Waals surface area contributed by atoms with Crippen molar-refractivity contribution in [3.05, 3.63) is 29.2 Å². The number of hydrogen-bond acceptors (Lipinski definition) is 7. The molecule has 2 aromatic rings. The monoisotopic (exact) mass is 351 g/mol. The molecule has 8 heteroatoms. The molecule has 0 saturated heterocycles. The van der Waals surface area contributed by atoms with E-state index in [1.807, 2.05) is 20.8 Å². The van der Waals surface area contributed by atoms with Crippen molar-refractivity contribution >= 4 is 23.4 Å². The summed E-state index contributed by atoms with van der Waals surface area (Å²) in [6.45, 7) is 6.01. The summed E-state index contributed by atoms with van der Waals surface area (Å²) in [6, 6.07) is 1.52. The maximum absolute atomic E-state index is 9.22. The van der Waals surface area contributed by atoms with Crippen LogP contribution < -0.4 is 15.8 Å². The van der Waals surface area contributed by atoms with Crippen LogP contribution in [0.15, 0.2) is 18.5 Å². The summed E-state index contributed by atoms with van der Waals surface area (Å²) in [5, 5.41) is 12.6. The number of aromatic nitrogens is 3. The van der Waals surface area contributed by atoms with Gasteiger partial charge in [0, 0.05) is 17.8 Å². The highest BCUT2D eigenvalue weighted by molar-refractivity contribution is 6.29. The Kier molecular flexibility index (Phi) is 6.16. The molecule has 0 amide bonds. The number of nitrogens with zero attached hydrogens (tertiary/aromatic N) is 3. The summed E-state index contributed by atoms with van der Waals surface area (Å²) in [7, 11) is 0. The highest BCUT2D eigenvalue weighted by atomic mass is 35.5. The van der Waals surface area contributed by atoms with Crippen molar-refractivity contribution in [2.75, 3.05) is 17.7 Å². The largest absolute Gasteiger partial charge is 0.451 e. The topological polar surface area (TPSA) is 106 Å². The quantitative estimate of drug-likeness (QED) is 0.657. The Balaban J connectivity index is 2.24. The van der Waals surface area contributed by atoms with Gasteiger partial charge in [0.2, 0.25) is 5.95 Å². The van der Waals surface area contributed by atoms with E-state index >= 15 is 0 Å². The third-order valence-electron chi connectivity index (χ3n) is 3.53. The van der Waals surface area contributed by atoms with Crippen LogP contribution in [-0.4, -0.2) is 32.7 Å². The molecule has 0 radical (unpaired) electrons. The SMILES string of the molecule is CCC(CO)Nc1ncc(Oc2cc(Cl)ncc2C(C)C)c(N)n1. The van der Waals surface area contributed by atoms with Crippen molar-refractivity contribution in [1.29, 1.82) is 0 Å². The standard InChI is InChI=1S/C16H22ClN5O2/c1-4-10(8-23)21-16-20-7-13(15(18)22-16)24-12-5-14(17)19-6-11(12)9(2)3/h5-7,9-10,23H,4,8H2,1-3H3,(H3,18,20,21,22). The van der Waals surface area contributed by atoms with Crippen LogP contribution in [0.1, 0.15) is 38.7 Å². The molecule has 0 spiro atoms. The van der Waals surface area contributed by atoms with E-state index in [4.69, 9.17) is 22.1 Å². The number of aliphatic hydroxyl groups excluding tert-OH is 1. The minimum atomic E-state index is -0.122. The summed E-state index contributed by atoms with van der Waals surface area (Å²) in [4.78, 5) is 12.4. The summed E-state index contributed by atoms with van der Waals surface area (Å²) < 4.78 is 5.84. The first-order valence-electron chi connectivity index (χ1n) is 7.77. The van der Waals surface area contributed by atoms with Crippen LogP contribution in [0.2, 0.25) is 5.15 Å². The van der Waals surface area contributed by atoms with Crippen molar-refractivity contribution in [3.63, 3.8) is 0 Å². The van der Waals surface area contributed by atoms with E-state index in [2.05, 4.69) is 20.3 Å². The molecule has 1 unspecified atom stereocenters. The molecule has 7 nitrogen and oxygen atoms in total. The molecule has 0 aliphatic heterocycles. The van der Waals surface area contributed by atoms with Crippen LogP contribution in [0.5, 0.6) is 11.5 Å². The van der Waals surface area contributed by atoms with Gasteiger partial charge in [-0.3, -0.25) is 0 Å². The maximum Gasteiger partial charge on any atom is 0.225 e. The van der Waals surface area contributed by atoms with Crippen LogP contribution in [0.25, 0.3) is 0 Å². The minimum absolute atomic E-state index is 0.00865. The lowest BCUT2D eigenvalue weighted by Crippen LogP contribution is -2.24. The lowest BCUT2D eigenvalue weighted by molar-refractivity contribution is 0.271. The van der Waals surface area contributed by atoms with Crippen LogP contribution in [-0.2, 0) is 0 Å². The van der Waals surface area contributed by atoms with Crippen molar-refractivity contribution in [1.82, 2.24) is 15.0 Å². The Morgan fingerprint density at radius 1 is 1.29 bits per heavy atom. The van der Waals surface area contributed by atoms with Gasteiger partial charge in [0.15, 0.2) is 11.6 Å². The minimum Gasteiger partial charge on any atom is -0.451 e. The average molecular weight is 352 g/mol. The number of halogens is 1. The molecular formula is C16H22ClN5O2. The lowest BCUT2D eigenvalue weighted by Gasteiger charge is -2.16. The zero-order chi connectivity index (χ0) is 17.7. The predicted octanol–water partition coefficient (Wildman–Crippen LogP) is 3.21. The smallest absolute Gasteiger partial charge is 0.225 e.